The molecule has 0 spiro atoms. The molecule has 74 valence electrons. The summed E-state index contributed by atoms with van der Waals surface area (Å²) in [4.78, 5) is 0. The number of benzene rings is 1. The van der Waals surface area contributed by atoms with Crippen LogP contribution in [0.4, 0.5) is 0 Å². The highest BCUT2D eigenvalue weighted by Crippen LogP contribution is 2.32. The van der Waals surface area contributed by atoms with E-state index >= 15 is 0 Å². The lowest BCUT2D eigenvalue weighted by atomic mass is 10.1. The first-order chi connectivity index (χ1) is 6.76. The van der Waals surface area contributed by atoms with Crippen LogP contribution < -0.4 is 0 Å². The minimum absolute atomic E-state index is 0.0758. The predicted octanol–water partition coefficient (Wildman–Crippen LogP) is 3.94. The lowest BCUT2D eigenvalue weighted by Crippen LogP contribution is -1.90. The fraction of sp³-hybridized carbons (Fsp3) is 0.200. The van der Waals surface area contributed by atoms with Crippen molar-refractivity contribution in [2.75, 3.05) is 0 Å². The van der Waals surface area contributed by atoms with Crippen molar-refractivity contribution in [3.8, 4) is 0 Å². The lowest BCUT2D eigenvalue weighted by Gasteiger charge is -2.04. The summed E-state index contributed by atoms with van der Waals surface area (Å²) in [6, 6.07) is 4.04. The zero-order valence-electron chi connectivity index (χ0n) is 7.26. The maximum absolute atomic E-state index is 9.17. The Hall–Kier alpha value is -0.0900. The maximum atomic E-state index is 9.17. The van der Waals surface area contributed by atoms with Gasteiger partial charge in [0.25, 0.3) is 0 Å². The molecule has 4 heteroatoms. The van der Waals surface area contributed by atoms with Gasteiger partial charge in [0, 0.05) is 20.8 Å². The zero-order valence-corrected chi connectivity index (χ0v) is 10.4. The van der Waals surface area contributed by atoms with Crippen LogP contribution in [0.2, 0.25) is 5.02 Å². The smallest absolute Gasteiger partial charge is 0.0685 e. The van der Waals surface area contributed by atoms with Crippen molar-refractivity contribution in [3.63, 3.8) is 0 Å². The Bertz CT molecular complexity index is 466. The SMILES string of the molecule is OCc1cc2scc(Cl)c2cc1CBr. The normalized spacial score (nSPS) is 11.1. The molecule has 1 aromatic carbocycles. The number of aliphatic hydroxyl groups excluding tert-OH is 1. The Balaban J connectivity index is 2.71. The molecule has 1 nitrogen and oxygen atoms in total. The average molecular weight is 292 g/mol. The van der Waals surface area contributed by atoms with Gasteiger partial charge in [0.2, 0.25) is 0 Å². The van der Waals surface area contributed by atoms with Crippen LogP contribution in [0.3, 0.4) is 0 Å². The third kappa shape index (κ3) is 1.70. The van der Waals surface area contributed by atoms with Crippen molar-refractivity contribution in [2.45, 2.75) is 11.9 Å². The molecule has 14 heavy (non-hydrogen) atoms. The highest BCUT2D eigenvalue weighted by atomic mass is 79.9. The minimum Gasteiger partial charge on any atom is -0.392 e. The number of hydrogen-bond donors (Lipinski definition) is 1. The summed E-state index contributed by atoms with van der Waals surface area (Å²) in [5.74, 6) is 0. The van der Waals surface area contributed by atoms with Crippen LogP contribution >= 0.6 is 38.9 Å². The van der Waals surface area contributed by atoms with E-state index in [-0.39, 0.29) is 6.61 Å². The monoisotopic (exact) mass is 290 g/mol. The van der Waals surface area contributed by atoms with Gasteiger partial charge in [0.05, 0.1) is 11.6 Å². The fourth-order valence-electron chi connectivity index (χ4n) is 1.40. The molecule has 2 rings (SSSR count). The number of fused-ring (bicyclic) bond motifs is 1. The molecule has 0 aliphatic rings. The number of alkyl halides is 1. The Kier molecular flexibility index (Phi) is 3.12. The molecule has 1 N–H and O–H groups in total. The van der Waals surface area contributed by atoms with Gasteiger partial charge in [-0.25, -0.2) is 0 Å². The predicted molar refractivity (Wildman–Crippen MR) is 65.4 cm³/mol. The van der Waals surface area contributed by atoms with E-state index < -0.39 is 0 Å². The summed E-state index contributed by atoms with van der Waals surface area (Å²) in [6.45, 7) is 0.0758. The quantitative estimate of drug-likeness (QED) is 0.831. The second-order valence-corrected chi connectivity index (χ2v) is 4.87. The largest absolute Gasteiger partial charge is 0.392 e. The van der Waals surface area contributed by atoms with Crippen LogP contribution in [0.5, 0.6) is 0 Å². The second kappa shape index (κ2) is 4.19. The summed E-state index contributed by atoms with van der Waals surface area (Å²) in [5, 5.41) is 13.7. The molecule has 0 saturated heterocycles. The van der Waals surface area contributed by atoms with E-state index in [1.54, 1.807) is 11.3 Å². The van der Waals surface area contributed by atoms with E-state index in [4.69, 9.17) is 16.7 Å². The first kappa shape index (κ1) is 10.4. The Labute approximate surface area is 99.4 Å². The Morgan fingerprint density at radius 3 is 2.79 bits per heavy atom. The topological polar surface area (TPSA) is 20.2 Å². The van der Waals surface area contributed by atoms with Gasteiger partial charge in [-0.2, -0.15) is 0 Å². The van der Waals surface area contributed by atoms with E-state index in [1.807, 2.05) is 17.5 Å². The molecule has 0 amide bonds. The number of thiophene rings is 1. The highest BCUT2D eigenvalue weighted by Gasteiger charge is 2.07. The van der Waals surface area contributed by atoms with Crippen LogP contribution in [-0.2, 0) is 11.9 Å². The molecule has 0 atom stereocenters. The lowest BCUT2D eigenvalue weighted by molar-refractivity contribution is 0.281. The molecule has 0 aliphatic heterocycles. The molecule has 0 bridgehead atoms. The van der Waals surface area contributed by atoms with Crippen LogP contribution in [0.1, 0.15) is 11.1 Å². The van der Waals surface area contributed by atoms with Gasteiger partial charge >= 0.3 is 0 Å². The molecule has 0 aliphatic carbocycles. The molecule has 0 fully saturated rings. The summed E-state index contributed by atoms with van der Waals surface area (Å²) in [6.07, 6.45) is 0. The molecular weight excluding hydrogens is 284 g/mol. The fourth-order valence-corrected chi connectivity index (χ4v) is 3.13. The van der Waals surface area contributed by atoms with Crippen LogP contribution in [0, 0.1) is 0 Å². The van der Waals surface area contributed by atoms with E-state index in [9.17, 15) is 0 Å². The first-order valence-corrected chi connectivity index (χ1v) is 6.49. The number of rotatable bonds is 2. The van der Waals surface area contributed by atoms with Gasteiger partial charge in [-0.3, -0.25) is 0 Å². The molecule has 0 unspecified atom stereocenters. The van der Waals surface area contributed by atoms with Crippen LogP contribution in [-0.4, -0.2) is 5.11 Å². The Morgan fingerprint density at radius 2 is 2.14 bits per heavy atom. The molecular formula is C10H8BrClOS. The summed E-state index contributed by atoms with van der Waals surface area (Å²) < 4.78 is 1.13. The summed E-state index contributed by atoms with van der Waals surface area (Å²) in [5.41, 5.74) is 2.06. The van der Waals surface area contributed by atoms with Gasteiger partial charge in [-0.05, 0) is 23.3 Å². The third-order valence-corrected chi connectivity index (χ3v) is 4.15. The number of halogens is 2. The van der Waals surface area contributed by atoms with Crippen LogP contribution in [0.25, 0.3) is 10.1 Å². The Morgan fingerprint density at radius 1 is 1.36 bits per heavy atom. The van der Waals surface area contributed by atoms with Gasteiger partial charge in [-0.15, -0.1) is 11.3 Å². The van der Waals surface area contributed by atoms with E-state index in [0.717, 1.165) is 31.6 Å². The van der Waals surface area contributed by atoms with E-state index in [0.29, 0.717) is 0 Å². The molecule has 1 heterocycles. The van der Waals surface area contributed by atoms with E-state index in [1.165, 1.54) is 0 Å². The number of hydrogen-bond acceptors (Lipinski definition) is 2. The first-order valence-electron chi connectivity index (χ1n) is 4.11. The highest BCUT2D eigenvalue weighted by molar-refractivity contribution is 9.08. The standard InChI is InChI=1S/C10H8BrClOS/c11-3-6-1-8-9(12)5-14-10(8)2-7(6)4-13/h1-2,5,13H,3-4H2. The van der Waals surface area contributed by atoms with Gasteiger partial charge in [0.15, 0.2) is 0 Å². The van der Waals surface area contributed by atoms with Crippen LogP contribution in [0.15, 0.2) is 17.5 Å². The zero-order chi connectivity index (χ0) is 10.1. The van der Waals surface area contributed by atoms with Gasteiger partial charge < -0.3 is 5.11 Å². The van der Waals surface area contributed by atoms with Gasteiger partial charge in [-0.1, -0.05) is 27.5 Å². The molecule has 0 radical (unpaired) electrons. The molecule has 2 aromatic rings. The van der Waals surface area contributed by atoms with Crippen molar-refractivity contribution in [1.29, 1.82) is 0 Å². The van der Waals surface area contributed by atoms with Gasteiger partial charge in [0.1, 0.15) is 0 Å². The van der Waals surface area contributed by atoms with Crippen molar-refractivity contribution in [3.05, 3.63) is 33.7 Å². The minimum atomic E-state index is 0.0758. The number of aliphatic hydroxyl groups is 1. The molecule has 0 saturated carbocycles. The summed E-state index contributed by atoms with van der Waals surface area (Å²) >= 11 is 11.0. The van der Waals surface area contributed by atoms with Crippen molar-refractivity contribution in [1.82, 2.24) is 0 Å². The van der Waals surface area contributed by atoms with Crippen molar-refractivity contribution < 1.29 is 5.11 Å². The molecule has 1 aromatic heterocycles. The third-order valence-electron chi connectivity index (χ3n) is 2.16. The van der Waals surface area contributed by atoms with Crippen molar-refractivity contribution >= 4 is 49.0 Å². The second-order valence-electron chi connectivity index (χ2n) is 2.99. The summed E-state index contributed by atoms with van der Waals surface area (Å²) in [7, 11) is 0. The van der Waals surface area contributed by atoms with E-state index in [2.05, 4.69) is 15.9 Å². The average Bonchev–Trinajstić information content (AvgIpc) is 2.58. The maximum Gasteiger partial charge on any atom is 0.0685 e. The van der Waals surface area contributed by atoms with Crippen molar-refractivity contribution in [2.24, 2.45) is 0 Å².